The quantitative estimate of drug-likeness (QED) is 0.632. The molecule has 0 fully saturated rings. The molecule has 0 bridgehead atoms. The second-order valence-electron chi connectivity index (χ2n) is 3.77. The number of rotatable bonds is 0. The Bertz CT molecular complexity index is 501. The first kappa shape index (κ1) is 9.13. The number of nitrogens with zero attached hydrogens (tertiary/aromatic N) is 2. The fourth-order valence-electron chi connectivity index (χ4n) is 1.53. The highest BCUT2D eigenvalue weighted by Crippen LogP contribution is 2.19. The summed E-state index contributed by atoms with van der Waals surface area (Å²) in [4.78, 5) is 9.09. The van der Waals surface area contributed by atoms with Gasteiger partial charge in [-0.15, -0.1) is 0 Å². The molecule has 0 aliphatic heterocycles. The van der Waals surface area contributed by atoms with Crippen molar-refractivity contribution in [3.63, 3.8) is 0 Å². The van der Waals surface area contributed by atoms with E-state index in [1.165, 1.54) is 11.1 Å². The summed E-state index contributed by atoms with van der Waals surface area (Å²) in [5.74, 6) is 0. The van der Waals surface area contributed by atoms with Gasteiger partial charge in [-0.3, -0.25) is 0 Å². The summed E-state index contributed by atoms with van der Waals surface area (Å²) in [6.45, 7) is 8.20. The Morgan fingerprint density at radius 3 is 2.21 bits per heavy atom. The van der Waals surface area contributed by atoms with Crippen LogP contribution in [0.25, 0.3) is 11.0 Å². The maximum absolute atomic E-state index is 4.57. The maximum Gasteiger partial charge on any atom is 0.0921 e. The lowest BCUT2D eigenvalue weighted by Crippen LogP contribution is -1.96. The lowest BCUT2D eigenvalue weighted by Gasteiger charge is -2.06. The predicted octanol–water partition coefficient (Wildman–Crippen LogP) is 2.86. The molecule has 0 aliphatic carbocycles. The van der Waals surface area contributed by atoms with E-state index < -0.39 is 0 Å². The van der Waals surface area contributed by atoms with Crippen molar-refractivity contribution in [2.75, 3.05) is 0 Å². The Kier molecular flexibility index (Phi) is 1.99. The van der Waals surface area contributed by atoms with E-state index in [-0.39, 0.29) is 0 Å². The zero-order valence-electron chi connectivity index (χ0n) is 9.05. The van der Waals surface area contributed by atoms with Gasteiger partial charge in [0.2, 0.25) is 0 Å². The van der Waals surface area contributed by atoms with Gasteiger partial charge < -0.3 is 0 Å². The molecule has 2 aromatic rings. The lowest BCUT2D eigenvalue weighted by atomic mass is 10.1. The second kappa shape index (κ2) is 3.05. The Morgan fingerprint density at radius 1 is 0.857 bits per heavy atom. The molecule has 2 rings (SSSR count). The average molecular weight is 186 g/mol. The van der Waals surface area contributed by atoms with Crippen LogP contribution in [0.3, 0.4) is 0 Å². The average Bonchev–Trinajstić information content (AvgIpc) is 2.15. The number of aryl methyl sites for hydroxylation is 4. The normalized spacial score (nSPS) is 10.9. The van der Waals surface area contributed by atoms with E-state index in [1.807, 2.05) is 19.9 Å². The van der Waals surface area contributed by atoms with Gasteiger partial charge in [0, 0.05) is 0 Å². The highest BCUT2D eigenvalue weighted by atomic mass is 14.8. The summed E-state index contributed by atoms with van der Waals surface area (Å²) >= 11 is 0. The first-order valence-corrected chi connectivity index (χ1v) is 4.81. The van der Waals surface area contributed by atoms with Crippen LogP contribution in [-0.4, -0.2) is 9.97 Å². The Morgan fingerprint density at radius 2 is 1.50 bits per heavy atom. The molecule has 2 heteroatoms. The summed E-state index contributed by atoms with van der Waals surface area (Å²) in [7, 11) is 0. The molecule has 1 heterocycles. The van der Waals surface area contributed by atoms with Crippen molar-refractivity contribution < 1.29 is 0 Å². The largest absolute Gasteiger partial charge is 0.250 e. The third-order valence-corrected chi connectivity index (χ3v) is 2.77. The molecule has 1 aromatic heterocycles. The zero-order valence-corrected chi connectivity index (χ0v) is 9.05. The van der Waals surface area contributed by atoms with Gasteiger partial charge in [-0.25, -0.2) is 9.97 Å². The number of benzene rings is 1. The molecule has 2 nitrogen and oxygen atoms in total. The van der Waals surface area contributed by atoms with Gasteiger partial charge in [-0.1, -0.05) is 6.07 Å². The van der Waals surface area contributed by atoms with E-state index >= 15 is 0 Å². The van der Waals surface area contributed by atoms with Crippen molar-refractivity contribution in [1.29, 1.82) is 0 Å². The maximum atomic E-state index is 4.57. The van der Waals surface area contributed by atoms with Gasteiger partial charge in [0.15, 0.2) is 0 Å². The fourth-order valence-corrected chi connectivity index (χ4v) is 1.53. The third kappa shape index (κ3) is 1.27. The first-order chi connectivity index (χ1) is 6.59. The highest BCUT2D eigenvalue weighted by molar-refractivity contribution is 5.79. The molecule has 1 aromatic carbocycles. The first-order valence-electron chi connectivity index (χ1n) is 4.81. The van der Waals surface area contributed by atoms with Crippen molar-refractivity contribution in [2.24, 2.45) is 0 Å². The molecule has 0 saturated heterocycles. The number of fused-ring (bicyclic) bond motifs is 1. The standard InChI is InChI=1S/C12H14N2/c1-7-5-6-11-12(8(7)2)14-10(4)9(3)13-11/h5-6H,1-4H3. The summed E-state index contributed by atoms with van der Waals surface area (Å²) in [6.07, 6.45) is 0. The third-order valence-electron chi connectivity index (χ3n) is 2.77. The molecule has 0 amide bonds. The highest BCUT2D eigenvalue weighted by Gasteiger charge is 2.05. The molecular formula is C12H14N2. The van der Waals surface area contributed by atoms with Gasteiger partial charge >= 0.3 is 0 Å². The SMILES string of the molecule is Cc1ccc2nc(C)c(C)nc2c1C. The predicted molar refractivity (Wildman–Crippen MR) is 58.5 cm³/mol. The summed E-state index contributed by atoms with van der Waals surface area (Å²) < 4.78 is 0. The van der Waals surface area contributed by atoms with Crippen molar-refractivity contribution in [1.82, 2.24) is 9.97 Å². The van der Waals surface area contributed by atoms with Crippen LogP contribution in [0.4, 0.5) is 0 Å². The Hall–Kier alpha value is -1.44. The van der Waals surface area contributed by atoms with E-state index in [4.69, 9.17) is 0 Å². The summed E-state index contributed by atoms with van der Waals surface area (Å²) in [5, 5.41) is 0. The molecule has 0 aliphatic rings. The van der Waals surface area contributed by atoms with Crippen LogP contribution in [0.15, 0.2) is 12.1 Å². The van der Waals surface area contributed by atoms with Crippen LogP contribution < -0.4 is 0 Å². The van der Waals surface area contributed by atoms with Crippen LogP contribution in [0.1, 0.15) is 22.5 Å². The van der Waals surface area contributed by atoms with Crippen LogP contribution in [0, 0.1) is 27.7 Å². The van der Waals surface area contributed by atoms with Crippen LogP contribution in [0.5, 0.6) is 0 Å². The molecule has 14 heavy (non-hydrogen) atoms. The lowest BCUT2D eigenvalue weighted by molar-refractivity contribution is 1.09. The number of hydrogen-bond acceptors (Lipinski definition) is 2. The van der Waals surface area contributed by atoms with E-state index in [1.54, 1.807) is 0 Å². The number of hydrogen-bond donors (Lipinski definition) is 0. The fraction of sp³-hybridized carbons (Fsp3) is 0.333. The van der Waals surface area contributed by atoms with Gasteiger partial charge in [0.05, 0.1) is 22.4 Å². The van der Waals surface area contributed by atoms with E-state index in [9.17, 15) is 0 Å². The smallest absolute Gasteiger partial charge is 0.0921 e. The van der Waals surface area contributed by atoms with E-state index in [0.29, 0.717) is 0 Å². The monoisotopic (exact) mass is 186 g/mol. The van der Waals surface area contributed by atoms with Crippen molar-refractivity contribution in [3.8, 4) is 0 Å². The van der Waals surface area contributed by atoms with Gasteiger partial charge in [0.1, 0.15) is 0 Å². The molecule has 0 N–H and O–H groups in total. The van der Waals surface area contributed by atoms with E-state index in [2.05, 4.69) is 29.9 Å². The molecular weight excluding hydrogens is 172 g/mol. The molecule has 0 radical (unpaired) electrons. The number of aromatic nitrogens is 2. The van der Waals surface area contributed by atoms with Crippen molar-refractivity contribution >= 4 is 11.0 Å². The van der Waals surface area contributed by atoms with Crippen LogP contribution >= 0.6 is 0 Å². The summed E-state index contributed by atoms with van der Waals surface area (Å²) in [5.41, 5.74) is 6.57. The van der Waals surface area contributed by atoms with Crippen LogP contribution in [-0.2, 0) is 0 Å². The minimum Gasteiger partial charge on any atom is -0.250 e. The van der Waals surface area contributed by atoms with Crippen molar-refractivity contribution in [2.45, 2.75) is 27.7 Å². The minimum atomic E-state index is 0.996. The van der Waals surface area contributed by atoms with Gasteiger partial charge in [-0.2, -0.15) is 0 Å². The molecule has 0 unspecified atom stereocenters. The Balaban J connectivity index is 2.89. The molecule has 0 spiro atoms. The second-order valence-corrected chi connectivity index (χ2v) is 3.77. The zero-order chi connectivity index (χ0) is 10.3. The topological polar surface area (TPSA) is 25.8 Å². The summed E-state index contributed by atoms with van der Waals surface area (Å²) in [6, 6.07) is 4.14. The minimum absolute atomic E-state index is 0.996. The van der Waals surface area contributed by atoms with Crippen LogP contribution in [0.2, 0.25) is 0 Å². The van der Waals surface area contributed by atoms with Gasteiger partial charge in [-0.05, 0) is 44.9 Å². The van der Waals surface area contributed by atoms with E-state index in [0.717, 1.165) is 22.4 Å². The molecule has 72 valence electrons. The van der Waals surface area contributed by atoms with Gasteiger partial charge in [0.25, 0.3) is 0 Å². The molecule has 0 atom stereocenters. The van der Waals surface area contributed by atoms with Crippen molar-refractivity contribution in [3.05, 3.63) is 34.6 Å². The Labute approximate surface area is 84.0 Å². The molecule has 0 saturated carbocycles.